The molecule has 128 valence electrons. The van der Waals surface area contributed by atoms with Gasteiger partial charge < -0.3 is 30.6 Å². The van der Waals surface area contributed by atoms with Crippen LogP contribution < -0.4 is 0 Å². The second kappa shape index (κ2) is 4.22. The average Bonchev–Trinajstić information content (AvgIpc) is 3.19. The summed E-state index contributed by atoms with van der Waals surface area (Å²) in [5.74, 6) is -8.44. The molecule has 0 aromatic carbocycles. The summed E-state index contributed by atoms with van der Waals surface area (Å²) >= 11 is 0. The highest BCUT2D eigenvalue weighted by molar-refractivity contribution is 5.25. The molecule has 1 unspecified atom stereocenters. The smallest absolute Gasteiger partial charge is 0.232 e. The summed E-state index contributed by atoms with van der Waals surface area (Å²) in [5.41, 5.74) is -2.33. The fraction of sp³-hybridized carbons (Fsp3) is 1.00. The average molecular weight is 317 g/mol. The Bertz CT molecular complexity index is 480. The highest BCUT2D eigenvalue weighted by atomic mass is 16.6. The van der Waals surface area contributed by atoms with Gasteiger partial charge in [-0.15, -0.1) is 0 Å². The molecule has 3 aliphatic rings. The van der Waals surface area contributed by atoms with Crippen LogP contribution in [-0.2, 0) is 0 Å². The van der Waals surface area contributed by atoms with Gasteiger partial charge in [-0.25, -0.2) is 0 Å². The second-order valence-corrected chi connectivity index (χ2v) is 7.98. The third-order valence-corrected chi connectivity index (χ3v) is 6.24. The Morgan fingerprint density at radius 3 is 1.91 bits per heavy atom. The van der Waals surface area contributed by atoms with E-state index in [1.165, 1.54) is 6.92 Å². The lowest BCUT2D eigenvalue weighted by Crippen LogP contribution is -2.75. The zero-order valence-corrected chi connectivity index (χ0v) is 13.3. The lowest BCUT2D eigenvalue weighted by molar-refractivity contribution is -0.426. The van der Waals surface area contributed by atoms with Gasteiger partial charge in [0.1, 0.15) is 0 Å². The van der Waals surface area contributed by atoms with E-state index in [9.17, 15) is 30.6 Å². The predicted molar refractivity (Wildman–Crippen MR) is 75.6 cm³/mol. The van der Waals surface area contributed by atoms with Gasteiger partial charge in [-0.3, -0.25) is 0 Å². The summed E-state index contributed by atoms with van der Waals surface area (Å²) in [6.07, 6.45) is 2.13. The minimum absolute atomic E-state index is 0.137. The first-order chi connectivity index (χ1) is 9.83. The zero-order chi connectivity index (χ0) is 16.8. The van der Waals surface area contributed by atoms with E-state index in [1.54, 1.807) is 13.8 Å². The van der Waals surface area contributed by atoms with Crippen LogP contribution in [0.15, 0.2) is 0 Å². The van der Waals surface area contributed by atoms with Crippen LogP contribution in [-0.4, -0.2) is 58.7 Å². The van der Waals surface area contributed by atoms with Gasteiger partial charge in [0.15, 0.2) is 5.79 Å². The lowest BCUT2D eigenvalue weighted by Gasteiger charge is -2.54. The monoisotopic (exact) mass is 317 g/mol. The van der Waals surface area contributed by atoms with Gasteiger partial charge in [-0.1, -0.05) is 13.8 Å². The molecule has 2 saturated carbocycles. The van der Waals surface area contributed by atoms with E-state index in [1.807, 2.05) is 0 Å². The molecule has 0 aromatic rings. The molecule has 7 nitrogen and oxygen atoms in total. The van der Waals surface area contributed by atoms with E-state index in [-0.39, 0.29) is 6.42 Å². The van der Waals surface area contributed by atoms with E-state index in [0.717, 1.165) is 4.90 Å². The first kappa shape index (κ1) is 16.6. The predicted octanol–water partition coefficient (Wildman–Crippen LogP) is -0.745. The summed E-state index contributed by atoms with van der Waals surface area (Å²) in [6.45, 7) is 4.72. The number of likely N-dealkylation sites (tertiary alicyclic amines) is 1. The summed E-state index contributed by atoms with van der Waals surface area (Å²) in [5, 5.41) is 63.6. The summed E-state index contributed by atoms with van der Waals surface area (Å²) in [7, 11) is 0. The first-order valence-corrected chi connectivity index (χ1v) is 7.98. The van der Waals surface area contributed by atoms with Gasteiger partial charge in [0.2, 0.25) is 11.8 Å². The molecule has 0 radical (unpaired) electrons. The molecule has 1 atom stereocenters. The van der Waals surface area contributed by atoms with Crippen molar-refractivity contribution < 1.29 is 30.6 Å². The van der Waals surface area contributed by atoms with Crippen LogP contribution in [0.3, 0.4) is 0 Å². The normalized spacial score (nSPS) is 34.6. The Hall–Kier alpha value is -0.280. The highest BCUT2D eigenvalue weighted by Crippen LogP contribution is 2.71. The van der Waals surface area contributed by atoms with Crippen LogP contribution in [0, 0.1) is 17.3 Å². The van der Waals surface area contributed by atoms with Crippen molar-refractivity contribution >= 4 is 0 Å². The maximum absolute atomic E-state index is 10.8. The largest absolute Gasteiger partial charge is 0.364 e. The van der Waals surface area contributed by atoms with Crippen LogP contribution in [0.4, 0.5) is 0 Å². The number of hydrogen-bond donors (Lipinski definition) is 6. The van der Waals surface area contributed by atoms with E-state index < -0.39 is 40.4 Å². The van der Waals surface area contributed by atoms with Crippen molar-refractivity contribution in [3.63, 3.8) is 0 Å². The van der Waals surface area contributed by atoms with E-state index in [0.29, 0.717) is 25.7 Å². The molecule has 3 fully saturated rings. The van der Waals surface area contributed by atoms with Gasteiger partial charge in [0.05, 0.1) is 5.54 Å². The molecule has 0 aromatic heterocycles. The third-order valence-electron chi connectivity index (χ3n) is 6.24. The zero-order valence-electron chi connectivity index (χ0n) is 13.3. The van der Waals surface area contributed by atoms with Gasteiger partial charge in [-0.05, 0) is 32.6 Å². The fourth-order valence-corrected chi connectivity index (χ4v) is 4.48. The maximum atomic E-state index is 10.8. The Morgan fingerprint density at radius 2 is 1.55 bits per heavy atom. The molecular formula is C15H27NO6. The van der Waals surface area contributed by atoms with Gasteiger partial charge in [-0.2, -0.15) is 4.90 Å². The molecule has 7 heteroatoms. The van der Waals surface area contributed by atoms with E-state index in [4.69, 9.17) is 0 Å². The standard InChI is InChI=1S/C15H27NO6/c1-9(2)14(19,20)11(3)12(6-7-12)8-13(17,18)16(11)15(21,22)10-4-5-10/h9-10,17-22H,4-8H2,1-3H3. The summed E-state index contributed by atoms with van der Waals surface area (Å²) in [4.78, 5) is 0.748. The van der Waals surface area contributed by atoms with Crippen molar-refractivity contribution in [1.82, 2.24) is 4.90 Å². The molecule has 1 saturated heterocycles. The minimum Gasteiger partial charge on any atom is -0.364 e. The molecule has 2 aliphatic carbocycles. The van der Waals surface area contributed by atoms with Gasteiger partial charge >= 0.3 is 0 Å². The van der Waals surface area contributed by atoms with Crippen molar-refractivity contribution in [3.05, 3.63) is 0 Å². The van der Waals surface area contributed by atoms with Crippen LogP contribution in [0.5, 0.6) is 0 Å². The Balaban J connectivity index is 2.15. The van der Waals surface area contributed by atoms with Crippen molar-refractivity contribution in [2.24, 2.45) is 17.3 Å². The first-order valence-electron chi connectivity index (χ1n) is 7.98. The number of rotatable bonds is 4. The van der Waals surface area contributed by atoms with E-state index >= 15 is 0 Å². The topological polar surface area (TPSA) is 125 Å². The maximum Gasteiger partial charge on any atom is 0.232 e. The molecule has 1 heterocycles. The molecule has 1 aliphatic heterocycles. The minimum atomic E-state index is -2.50. The molecule has 0 amide bonds. The lowest BCUT2D eigenvalue weighted by atomic mass is 9.71. The van der Waals surface area contributed by atoms with Crippen molar-refractivity contribution in [2.45, 2.75) is 76.0 Å². The summed E-state index contributed by atoms with van der Waals surface area (Å²) in [6, 6.07) is 0. The van der Waals surface area contributed by atoms with Crippen molar-refractivity contribution in [1.29, 1.82) is 0 Å². The molecule has 22 heavy (non-hydrogen) atoms. The number of nitrogens with zero attached hydrogens (tertiary/aromatic N) is 1. The summed E-state index contributed by atoms with van der Waals surface area (Å²) < 4.78 is 0. The number of hydrogen-bond acceptors (Lipinski definition) is 7. The fourth-order valence-electron chi connectivity index (χ4n) is 4.48. The van der Waals surface area contributed by atoms with Crippen LogP contribution in [0.2, 0.25) is 0 Å². The molecule has 6 N–H and O–H groups in total. The second-order valence-electron chi connectivity index (χ2n) is 7.98. The molecule has 3 rings (SSSR count). The quantitative estimate of drug-likeness (QED) is 0.377. The number of aliphatic hydroxyl groups is 6. The highest BCUT2D eigenvalue weighted by Gasteiger charge is 2.81. The third kappa shape index (κ3) is 1.81. The molecular weight excluding hydrogens is 290 g/mol. The van der Waals surface area contributed by atoms with Crippen molar-refractivity contribution in [2.75, 3.05) is 0 Å². The Labute approximate surface area is 129 Å². The molecule has 0 bridgehead atoms. The van der Waals surface area contributed by atoms with Gasteiger partial charge in [0, 0.05) is 23.7 Å². The Kier molecular flexibility index (Phi) is 3.18. The van der Waals surface area contributed by atoms with Crippen molar-refractivity contribution in [3.8, 4) is 0 Å². The SMILES string of the molecule is CC(C)C(O)(O)C1(C)N(C(O)(O)C2CC2)C(O)(O)CC12CC2. The van der Waals surface area contributed by atoms with Crippen LogP contribution in [0.1, 0.15) is 52.9 Å². The van der Waals surface area contributed by atoms with Crippen LogP contribution in [0.25, 0.3) is 0 Å². The Morgan fingerprint density at radius 1 is 1.05 bits per heavy atom. The molecule has 1 spiro atoms. The van der Waals surface area contributed by atoms with Crippen LogP contribution >= 0.6 is 0 Å². The van der Waals surface area contributed by atoms with Gasteiger partial charge in [0.25, 0.3) is 0 Å². The van der Waals surface area contributed by atoms with E-state index in [2.05, 4.69) is 0 Å².